The van der Waals surface area contributed by atoms with Crippen molar-refractivity contribution in [3.05, 3.63) is 22.7 Å². The van der Waals surface area contributed by atoms with Crippen molar-refractivity contribution in [3.8, 4) is 0 Å². The molecule has 0 spiro atoms. The molecule has 3 heterocycles. The number of hydrogen-bond donors (Lipinski definition) is 3. The minimum Gasteiger partial charge on any atom is -0.338 e. The summed E-state index contributed by atoms with van der Waals surface area (Å²) in [4.78, 5) is 47.8. The maximum absolute atomic E-state index is 12.8. The van der Waals surface area contributed by atoms with Gasteiger partial charge >= 0.3 is 11.7 Å². The highest BCUT2D eigenvalue weighted by atomic mass is 35.5. The molecule has 5 N–H and O–H groups in total. The van der Waals surface area contributed by atoms with Gasteiger partial charge < -0.3 is 26.2 Å². The van der Waals surface area contributed by atoms with Gasteiger partial charge in [-0.25, -0.2) is 9.59 Å². The average molecular weight is 537 g/mol. The van der Waals surface area contributed by atoms with Crippen LogP contribution >= 0.6 is 12.4 Å². The molecular formula is C25H41ClN8O3. The fourth-order valence-corrected chi connectivity index (χ4v) is 6.25. The molecule has 5 rings (SSSR count). The van der Waals surface area contributed by atoms with E-state index in [4.69, 9.17) is 11.5 Å². The maximum Gasteiger partial charge on any atom is 0.349 e. The van der Waals surface area contributed by atoms with Crippen LogP contribution in [-0.4, -0.2) is 93.6 Å². The van der Waals surface area contributed by atoms with Crippen LogP contribution in [0.4, 0.5) is 10.6 Å². The van der Waals surface area contributed by atoms with Crippen LogP contribution < -0.4 is 22.5 Å². The summed E-state index contributed by atoms with van der Waals surface area (Å²) < 4.78 is 1.72. The molecule has 11 nitrogen and oxygen atoms in total. The zero-order chi connectivity index (χ0) is 25.6. The first-order valence-corrected chi connectivity index (χ1v) is 13.3. The Kier molecular flexibility index (Phi) is 8.18. The van der Waals surface area contributed by atoms with Crippen LogP contribution in [0.2, 0.25) is 0 Å². The van der Waals surface area contributed by atoms with Crippen molar-refractivity contribution in [1.82, 2.24) is 24.3 Å². The van der Waals surface area contributed by atoms with Gasteiger partial charge in [0.15, 0.2) is 0 Å². The third kappa shape index (κ3) is 6.10. The number of nitrogens with two attached hydrogens (primary N) is 2. The molecule has 2 saturated heterocycles. The number of piperazine rings is 1. The van der Waals surface area contributed by atoms with E-state index < -0.39 is 5.54 Å². The van der Waals surface area contributed by atoms with Crippen molar-refractivity contribution in [2.45, 2.75) is 57.2 Å². The normalized spacial score (nSPS) is 29.9. The Balaban J connectivity index is 0.00000320. The van der Waals surface area contributed by atoms with Gasteiger partial charge in [-0.15, -0.1) is 12.4 Å². The Morgan fingerprint density at radius 1 is 1.05 bits per heavy atom. The van der Waals surface area contributed by atoms with Gasteiger partial charge in [-0.3, -0.25) is 14.7 Å². The minimum absolute atomic E-state index is 0. The lowest BCUT2D eigenvalue weighted by Crippen LogP contribution is -2.58. The van der Waals surface area contributed by atoms with E-state index in [0.717, 1.165) is 57.2 Å². The first-order chi connectivity index (χ1) is 17.1. The summed E-state index contributed by atoms with van der Waals surface area (Å²) in [5.41, 5.74) is 10.7. The lowest BCUT2D eigenvalue weighted by Gasteiger charge is -2.37. The topological polar surface area (TPSA) is 143 Å². The predicted molar refractivity (Wildman–Crippen MR) is 144 cm³/mol. The highest BCUT2D eigenvalue weighted by Crippen LogP contribution is 2.44. The van der Waals surface area contributed by atoms with E-state index in [-0.39, 0.29) is 41.9 Å². The summed E-state index contributed by atoms with van der Waals surface area (Å²) in [5, 5.41) is 2.73. The van der Waals surface area contributed by atoms with Gasteiger partial charge in [-0.1, -0.05) is 0 Å². The number of urea groups is 1. The van der Waals surface area contributed by atoms with Crippen LogP contribution in [0.5, 0.6) is 0 Å². The molecule has 206 valence electrons. The molecule has 2 unspecified atom stereocenters. The standard InChI is InChI=1S/C25H40N8O3.ClH/c1-25(2,27)22(34)31-9-11-32(12-10-31)23(35)28-20-7-8-33(24(36)29-20)17-5-3-16(4-6-17)13-30-14-18-19(15-30)21(18)26;/h7-8,16-19,21H,3-6,9-15,26-27H2,1-2H3,(H,28,29,35,36);1H. The van der Waals surface area contributed by atoms with Gasteiger partial charge in [0.2, 0.25) is 5.91 Å². The minimum atomic E-state index is -0.930. The molecular weight excluding hydrogens is 496 g/mol. The smallest absolute Gasteiger partial charge is 0.338 e. The van der Waals surface area contributed by atoms with Gasteiger partial charge in [0.1, 0.15) is 5.82 Å². The number of rotatable bonds is 5. The van der Waals surface area contributed by atoms with E-state index in [1.165, 1.54) is 0 Å². The van der Waals surface area contributed by atoms with Crippen molar-refractivity contribution < 1.29 is 9.59 Å². The fraction of sp³-hybridized carbons (Fsp3) is 0.760. The first-order valence-electron chi connectivity index (χ1n) is 13.3. The molecule has 0 bridgehead atoms. The quantitative estimate of drug-likeness (QED) is 0.502. The van der Waals surface area contributed by atoms with Crippen molar-refractivity contribution in [2.75, 3.05) is 51.1 Å². The second kappa shape index (κ2) is 10.9. The summed E-state index contributed by atoms with van der Waals surface area (Å²) in [6.07, 6.45) is 5.93. The first kappa shape index (κ1) is 27.8. The van der Waals surface area contributed by atoms with Crippen LogP contribution in [0.3, 0.4) is 0 Å². The molecule has 0 radical (unpaired) electrons. The second-order valence-electron chi connectivity index (χ2n) is 11.7. The highest BCUT2D eigenvalue weighted by molar-refractivity contribution is 5.89. The third-order valence-corrected chi connectivity index (χ3v) is 8.53. The Morgan fingerprint density at radius 2 is 1.65 bits per heavy atom. The molecule has 2 saturated carbocycles. The van der Waals surface area contributed by atoms with Crippen LogP contribution in [0.15, 0.2) is 17.1 Å². The SMILES string of the molecule is CC(C)(N)C(=O)N1CCN(C(=O)Nc2ccn(C3CCC(CN4CC5C(N)C5C4)CC3)c(=O)n2)CC1.Cl. The van der Waals surface area contributed by atoms with Gasteiger partial charge in [-0.05, 0) is 63.4 Å². The largest absolute Gasteiger partial charge is 0.349 e. The molecule has 4 fully saturated rings. The summed E-state index contributed by atoms with van der Waals surface area (Å²) >= 11 is 0. The number of amides is 3. The third-order valence-electron chi connectivity index (χ3n) is 8.53. The number of piperidine rings is 1. The van der Waals surface area contributed by atoms with Crippen LogP contribution in [0, 0.1) is 17.8 Å². The molecule has 2 aliphatic carbocycles. The lowest BCUT2D eigenvalue weighted by atomic mass is 9.85. The van der Waals surface area contributed by atoms with Crippen molar-refractivity contribution in [3.63, 3.8) is 0 Å². The van der Waals surface area contributed by atoms with Crippen molar-refractivity contribution in [1.29, 1.82) is 0 Å². The van der Waals surface area contributed by atoms with Crippen molar-refractivity contribution in [2.24, 2.45) is 29.2 Å². The van der Waals surface area contributed by atoms with Gasteiger partial charge in [0, 0.05) is 64.1 Å². The van der Waals surface area contributed by atoms with E-state index in [1.54, 1.807) is 40.5 Å². The molecule has 0 aromatic carbocycles. The van der Waals surface area contributed by atoms with E-state index >= 15 is 0 Å². The Bertz CT molecular complexity index is 1030. The zero-order valence-corrected chi connectivity index (χ0v) is 22.7. The number of carbonyl (C=O) groups excluding carboxylic acids is 2. The van der Waals surface area contributed by atoms with Gasteiger partial charge in [0.05, 0.1) is 5.54 Å². The number of likely N-dealkylation sites (tertiary alicyclic amines) is 1. The second-order valence-corrected chi connectivity index (χ2v) is 11.7. The molecule has 37 heavy (non-hydrogen) atoms. The van der Waals surface area contributed by atoms with Crippen LogP contribution in [-0.2, 0) is 4.79 Å². The van der Waals surface area contributed by atoms with E-state index in [1.807, 2.05) is 0 Å². The van der Waals surface area contributed by atoms with Gasteiger partial charge in [-0.2, -0.15) is 4.98 Å². The number of nitrogens with zero attached hydrogens (tertiary/aromatic N) is 5. The number of fused-ring (bicyclic) bond motifs is 1. The number of carbonyl (C=O) groups is 2. The summed E-state index contributed by atoms with van der Waals surface area (Å²) in [6.45, 7) is 8.48. The summed E-state index contributed by atoms with van der Waals surface area (Å²) in [6, 6.07) is 1.97. The van der Waals surface area contributed by atoms with Crippen molar-refractivity contribution >= 4 is 30.2 Å². The molecule has 1 aromatic heterocycles. The number of halogens is 1. The zero-order valence-electron chi connectivity index (χ0n) is 21.8. The van der Waals surface area contributed by atoms with E-state index in [0.29, 0.717) is 38.1 Å². The molecule has 2 aliphatic heterocycles. The lowest BCUT2D eigenvalue weighted by molar-refractivity contribution is -0.137. The number of anilines is 1. The number of aromatic nitrogens is 2. The monoisotopic (exact) mass is 536 g/mol. The average Bonchev–Trinajstić information content (AvgIpc) is 3.23. The summed E-state index contributed by atoms with van der Waals surface area (Å²) in [5.74, 6) is 2.26. The molecule has 3 amide bonds. The fourth-order valence-electron chi connectivity index (χ4n) is 6.25. The number of nitrogens with one attached hydrogen (secondary N) is 1. The Labute approximate surface area is 224 Å². The highest BCUT2D eigenvalue weighted by Gasteiger charge is 2.53. The Hall–Kier alpha value is -2.21. The van der Waals surface area contributed by atoms with Crippen LogP contribution in [0.1, 0.15) is 45.6 Å². The molecule has 2 atom stereocenters. The predicted octanol–water partition coefficient (Wildman–Crippen LogP) is 0.699. The number of hydrogen-bond acceptors (Lipinski definition) is 7. The molecule has 4 aliphatic rings. The van der Waals surface area contributed by atoms with E-state index in [9.17, 15) is 14.4 Å². The van der Waals surface area contributed by atoms with Gasteiger partial charge in [0.25, 0.3) is 0 Å². The Morgan fingerprint density at radius 3 is 2.22 bits per heavy atom. The molecule has 12 heteroatoms. The van der Waals surface area contributed by atoms with E-state index in [2.05, 4.69) is 15.2 Å². The van der Waals surface area contributed by atoms with Crippen LogP contribution in [0.25, 0.3) is 0 Å². The molecule has 1 aromatic rings. The summed E-state index contributed by atoms with van der Waals surface area (Å²) in [7, 11) is 0. The maximum atomic E-state index is 12.8.